The number of hydrogen-bond donors (Lipinski definition) is 2. The van der Waals surface area contributed by atoms with Gasteiger partial charge in [0.05, 0.1) is 30.0 Å². The summed E-state index contributed by atoms with van der Waals surface area (Å²) < 4.78 is 54.5. The quantitative estimate of drug-likeness (QED) is 0.406. The van der Waals surface area contributed by atoms with Gasteiger partial charge in [-0.3, -0.25) is 0 Å². The number of aromatic nitrogens is 3. The second-order valence-corrected chi connectivity index (χ2v) is 8.36. The summed E-state index contributed by atoms with van der Waals surface area (Å²) in [5, 5.41) is 13.0. The molecule has 0 saturated carbocycles. The monoisotopic (exact) mass is 472 g/mol. The Kier molecular flexibility index (Phi) is 5.87. The first-order valence-electron chi connectivity index (χ1n) is 10.3. The lowest BCUT2D eigenvalue weighted by molar-refractivity contribution is -0.136. The summed E-state index contributed by atoms with van der Waals surface area (Å²) in [6, 6.07) is 4.81. The van der Waals surface area contributed by atoms with Crippen LogP contribution in [0.15, 0.2) is 36.8 Å². The molecule has 1 aliphatic heterocycles. The van der Waals surface area contributed by atoms with Crippen LogP contribution in [0.3, 0.4) is 0 Å². The maximum absolute atomic E-state index is 14.4. The van der Waals surface area contributed by atoms with E-state index in [-0.39, 0.29) is 17.9 Å². The molecule has 0 atom stereocenters. The second kappa shape index (κ2) is 8.53. The molecule has 0 radical (unpaired) electrons. The summed E-state index contributed by atoms with van der Waals surface area (Å²) in [6.45, 7) is 10.5. The van der Waals surface area contributed by atoms with Gasteiger partial charge in [0.25, 0.3) is 0 Å². The number of benzene rings is 1. The van der Waals surface area contributed by atoms with Crippen LogP contribution in [-0.4, -0.2) is 26.6 Å². The van der Waals surface area contributed by atoms with Gasteiger partial charge in [-0.15, -0.1) is 0 Å². The van der Waals surface area contributed by atoms with Gasteiger partial charge in [-0.05, 0) is 32.4 Å². The Morgan fingerprint density at radius 3 is 2.53 bits per heavy atom. The van der Waals surface area contributed by atoms with Crippen LogP contribution in [0, 0.1) is 12.4 Å². The van der Waals surface area contributed by atoms with Crippen molar-refractivity contribution in [2.45, 2.75) is 38.6 Å². The van der Waals surface area contributed by atoms with Gasteiger partial charge >= 0.3 is 6.18 Å². The lowest BCUT2D eigenvalue weighted by atomic mass is 10.00. The minimum Gasteiger partial charge on any atom is -0.386 e. The summed E-state index contributed by atoms with van der Waals surface area (Å²) in [5.74, 6) is -0.00676. The van der Waals surface area contributed by atoms with Crippen molar-refractivity contribution < 1.29 is 22.7 Å². The molecule has 176 valence electrons. The molecular weight excluding hydrogens is 452 g/mol. The fraction of sp³-hybridized carbons (Fsp3) is 0.304. The van der Waals surface area contributed by atoms with Crippen LogP contribution in [0.5, 0.6) is 0 Å². The number of nitrogens with one attached hydrogen (secondary N) is 1. The first-order chi connectivity index (χ1) is 16.0. The van der Waals surface area contributed by atoms with Crippen LogP contribution in [0.4, 0.5) is 40.6 Å². The van der Waals surface area contributed by atoms with Gasteiger partial charge in [-0.2, -0.15) is 13.2 Å². The number of aliphatic hydroxyl groups is 1. The summed E-state index contributed by atoms with van der Waals surface area (Å²) in [7, 11) is 0. The molecular formula is C23H20F4N6O. The fourth-order valence-electron chi connectivity index (χ4n) is 3.80. The minimum atomic E-state index is -4.63. The number of nitrogens with zero attached hydrogens (tertiary/aromatic N) is 5. The van der Waals surface area contributed by atoms with Gasteiger partial charge in [-0.25, -0.2) is 24.2 Å². The van der Waals surface area contributed by atoms with E-state index in [4.69, 9.17) is 6.57 Å². The van der Waals surface area contributed by atoms with E-state index in [1.807, 2.05) is 0 Å². The van der Waals surface area contributed by atoms with E-state index in [9.17, 15) is 22.7 Å². The van der Waals surface area contributed by atoms with Crippen molar-refractivity contribution in [1.29, 1.82) is 0 Å². The van der Waals surface area contributed by atoms with Gasteiger partial charge in [0.1, 0.15) is 23.8 Å². The summed E-state index contributed by atoms with van der Waals surface area (Å²) in [4.78, 5) is 17.4. The van der Waals surface area contributed by atoms with Crippen molar-refractivity contribution in [1.82, 2.24) is 15.0 Å². The normalized spacial score (nSPS) is 13.9. The van der Waals surface area contributed by atoms with Crippen molar-refractivity contribution in [3.63, 3.8) is 0 Å². The molecule has 34 heavy (non-hydrogen) atoms. The Morgan fingerprint density at radius 2 is 1.88 bits per heavy atom. The Bertz CT molecular complexity index is 1280. The fourth-order valence-corrected chi connectivity index (χ4v) is 3.80. The zero-order valence-corrected chi connectivity index (χ0v) is 18.3. The van der Waals surface area contributed by atoms with Crippen molar-refractivity contribution in [2.24, 2.45) is 0 Å². The van der Waals surface area contributed by atoms with Gasteiger partial charge < -0.3 is 15.3 Å². The highest BCUT2D eigenvalue weighted by Crippen LogP contribution is 2.39. The van der Waals surface area contributed by atoms with Crippen LogP contribution in [-0.2, 0) is 24.7 Å². The molecule has 3 heterocycles. The van der Waals surface area contributed by atoms with Crippen LogP contribution >= 0.6 is 0 Å². The van der Waals surface area contributed by atoms with Crippen LogP contribution in [0.2, 0.25) is 0 Å². The van der Waals surface area contributed by atoms with E-state index in [1.54, 1.807) is 4.90 Å². The molecule has 0 unspecified atom stereocenters. The van der Waals surface area contributed by atoms with Crippen LogP contribution in [0.1, 0.15) is 36.2 Å². The smallest absolute Gasteiger partial charge is 0.386 e. The lowest BCUT2D eigenvalue weighted by Gasteiger charge is -2.31. The third-order valence-corrected chi connectivity index (χ3v) is 5.54. The van der Waals surface area contributed by atoms with Gasteiger partial charge in [0.2, 0.25) is 0 Å². The molecule has 0 bridgehead atoms. The average Bonchev–Trinajstić information content (AvgIpc) is 2.77. The zero-order valence-electron chi connectivity index (χ0n) is 18.3. The van der Waals surface area contributed by atoms with Crippen molar-refractivity contribution >= 4 is 23.0 Å². The number of pyridine rings is 1. The molecule has 1 aliphatic rings. The Morgan fingerprint density at radius 1 is 1.12 bits per heavy atom. The number of halogens is 4. The van der Waals surface area contributed by atoms with Gasteiger partial charge in [0.15, 0.2) is 5.69 Å². The summed E-state index contributed by atoms with van der Waals surface area (Å²) in [5.41, 5.74) is -1.05. The molecule has 7 nitrogen and oxygen atoms in total. The topological polar surface area (TPSA) is 78.5 Å². The van der Waals surface area contributed by atoms with E-state index in [0.29, 0.717) is 30.2 Å². The molecule has 0 saturated heterocycles. The highest BCUT2D eigenvalue weighted by molar-refractivity contribution is 5.64. The Hall–Kier alpha value is -3.78. The number of fused-ring (bicyclic) bond motifs is 1. The molecule has 11 heteroatoms. The second-order valence-electron chi connectivity index (χ2n) is 8.36. The molecule has 0 aliphatic carbocycles. The molecule has 0 fully saturated rings. The predicted octanol–water partition coefficient (Wildman–Crippen LogP) is 5.11. The number of alkyl halides is 3. The maximum atomic E-state index is 14.4. The standard InChI is InChI=1S/C23H20F4N6O/c1-22(2,34)16-10-29-20(9-17(16)24)32-21-14-6-7-33(11-19(14)30-12-31-21)13-4-5-18(28-3)15(8-13)23(25,26)27/h4-5,8-10,12,34H,6-7,11H2,1-2H3,(H,29,30,31,32). The van der Waals surface area contributed by atoms with Crippen molar-refractivity contribution in [3.05, 3.63) is 76.4 Å². The lowest BCUT2D eigenvalue weighted by Crippen LogP contribution is -2.32. The highest BCUT2D eigenvalue weighted by Gasteiger charge is 2.34. The maximum Gasteiger partial charge on any atom is 0.407 e. The SMILES string of the molecule is [C-]#[N+]c1ccc(N2CCc3c(ncnc3Nc3cc(F)c(C(C)(C)O)cn3)C2)cc1C(F)(F)F. The van der Waals surface area contributed by atoms with Crippen molar-refractivity contribution in [3.8, 4) is 0 Å². The number of anilines is 3. The van der Waals surface area contributed by atoms with E-state index >= 15 is 0 Å². The first-order valence-corrected chi connectivity index (χ1v) is 10.3. The van der Waals surface area contributed by atoms with E-state index in [1.165, 1.54) is 38.5 Å². The molecule has 2 N–H and O–H groups in total. The summed E-state index contributed by atoms with van der Waals surface area (Å²) >= 11 is 0. The number of hydrogen-bond acceptors (Lipinski definition) is 6. The van der Waals surface area contributed by atoms with E-state index in [2.05, 4.69) is 25.1 Å². The third kappa shape index (κ3) is 4.63. The third-order valence-electron chi connectivity index (χ3n) is 5.54. The van der Waals surface area contributed by atoms with E-state index < -0.39 is 28.8 Å². The van der Waals surface area contributed by atoms with Gasteiger partial charge in [-0.1, -0.05) is 6.07 Å². The Balaban J connectivity index is 1.59. The average molecular weight is 472 g/mol. The van der Waals surface area contributed by atoms with Crippen molar-refractivity contribution in [2.75, 3.05) is 16.8 Å². The minimum absolute atomic E-state index is 0.0564. The predicted molar refractivity (Wildman–Crippen MR) is 117 cm³/mol. The van der Waals surface area contributed by atoms with E-state index in [0.717, 1.165) is 17.7 Å². The molecule has 0 spiro atoms. The van der Waals surface area contributed by atoms with Crippen LogP contribution in [0.25, 0.3) is 4.85 Å². The number of rotatable bonds is 4. The molecule has 3 aromatic rings. The largest absolute Gasteiger partial charge is 0.407 e. The molecule has 4 rings (SSSR count). The highest BCUT2D eigenvalue weighted by atomic mass is 19.4. The molecule has 0 amide bonds. The molecule has 1 aromatic carbocycles. The Labute approximate surface area is 192 Å². The first kappa shape index (κ1) is 23.4. The van der Waals surface area contributed by atoms with Crippen LogP contribution < -0.4 is 10.2 Å². The zero-order chi connectivity index (χ0) is 24.7. The molecule has 2 aromatic heterocycles. The van der Waals surface area contributed by atoms with Gasteiger partial charge in [0, 0.05) is 35.6 Å². The summed E-state index contributed by atoms with van der Waals surface area (Å²) in [6.07, 6.45) is -1.64.